The predicted octanol–water partition coefficient (Wildman–Crippen LogP) is 7.82. The lowest BCUT2D eigenvalue weighted by molar-refractivity contribution is -0.130. The molecule has 3 aromatic rings. The van der Waals surface area contributed by atoms with Crippen molar-refractivity contribution in [2.45, 2.75) is 132 Å². The summed E-state index contributed by atoms with van der Waals surface area (Å²) in [5.41, 5.74) is 3.05. The van der Waals surface area contributed by atoms with Crippen LogP contribution in [-0.4, -0.2) is 105 Å². The van der Waals surface area contributed by atoms with Gasteiger partial charge in [0.15, 0.2) is 0 Å². The summed E-state index contributed by atoms with van der Waals surface area (Å²) < 4.78 is 23.8. The van der Waals surface area contributed by atoms with Crippen molar-refractivity contribution < 1.29 is 23.7 Å². The van der Waals surface area contributed by atoms with Crippen LogP contribution in [0.25, 0.3) is 0 Å². The second-order valence-corrected chi connectivity index (χ2v) is 18.0. The van der Waals surface area contributed by atoms with Gasteiger partial charge in [0.2, 0.25) is 5.91 Å². The quantitative estimate of drug-likeness (QED) is 0.223. The van der Waals surface area contributed by atoms with E-state index in [2.05, 4.69) is 63.8 Å². The number of carbonyl (C=O) groups is 1. The molecule has 9 nitrogen and oxygen atoms in total. The van der Waals surface area contributed by atoms with Crippen LogP contribution < -0.4 is 14.8 Å². The number of piperidine rings is 2. The highest BCUT2D eigenvalue weighted by Gasteiger charge is 2.42. The minimum Gasteiger partial charge on any atom is -0.490 e. The Morgan fingerprint density at radius 3 is 1.57 bits per heavy atom. The normalized spacial score (nSPS) is 23.9. The fourth-order valence-electron chi connectivity index (χ4n) is 9.84. The highest BCUT2D eigenvalue weighted by atomic mass is 32.1. The summed E-state index contributed by atoms with van der Waals surface area (Å²) in [6.45, 7) is 9.66. The number of likely N-dealkylation sites (tertiary alicyclic amines) is 2. The van der Waals surface area contributed by atoms with Crippen LogP contribution in [0.2, 0.25) is 0 Å². The Bertz CT molecular complexity index is 1680. The van der Waals surface area contributed by atoms with Gasteiger partial charge >= 0.3 is 0 Å². The SMILES string of the molecule is CNC(=O)C1(c2ccc(OC3CCN(C4CCC4)CC3)cc2)CCOCC1.Cc1csc(C2(c3ccc(OC4CCN(C5CCC5)CC4)cc3)CCOCC2)n1. The van der Waals surface area contributed by atoms with Crippen molar-refractivity contribution in [3.63, 3.8) is 0 Å². The Kier molecular flexibility index (Phi) is 13.0. The van der Waals surface area contributed by atoms with Crippen LogP contribution in [0, 0.1) is 6.92 Å². The van der Waals surface area contributed by atoms with E-state index in [9.17, 15) is 4.79 Å². The van der Waals surface area contributed by atoms with Gasteiger partial charge in [-0.05, 0) is 119 Å². The topological polar surface area (TPSA) is 85.4 Å². The molecule has 2 aliphatic carbocycles. The molecule has 56 heavy (non-hydrogen) atoms. The summed E-state index contributed by atoms with van der Waals surface area (Å²) >= 11 is 1.79. The van der Waals surface area contributed by atoms with Crippen molar-refractivity contribution in [3.8, 4) is 11.5 Å². The number of hydrogen-bond acceptors (Lipinski definition) is 9. The Morgan fingerprint density at radius 2 is 1.16 bits per heavy atom. The van der Waals surface area contributed by atoms with Gasteiger partial charge in [-0.25, -0.2) is 4.98 Å². The van der Waals surface area contributed by atoms with Gasteiger partial charge in [0.05, 0.1) is 10.8 Å². The van der Waals surface area contributed by atoms with E-state index < -0.39 is 5.41 Å². The minimum absolute atomic E-state index is 0.0101. The second kappa shape index (κ2) is 18.3. The molecule has 4 saturated heterocycles. The molecule has 4 aliphatic heterocycles. The lowest BCUT2D eigenvalue weighted by Crippen LogP contribution is -2.47. The Hall–Kier alpha value is -3.02. The molecule has 0 spiro atoms. The third kappa shape index (κ3) is 8.85. The van der Waals surface area contributed by atoms with Crippen LogP contribution in [0.1, 0.15) is 112 Å². The van der Waals surface area contributed by atoms with E-state index in [0.717, 1.165) is 113 Å². The van der Waals surface area contributed by atoms with E-state index >= 15 is 0 Å². The van der Waals surface area contributed by atoms with Crippen LogP contribution in [-0.2, 0) is 25.1 Å². The van der Waals surface area contributed by atoms with Crippen molar-refractivity contribution in [2.24, 2.45) is 0 Å². The van der Waals surface area contributed by atoms with Gasteiger partial charge in [0, 0.05) is 82.8 Å². The number of aryl methyl sites for hydroxylation is 1. The molecule has 1 N–H and O–H groups in total. The Morgan fingerprint density at radius 1 is 0.696 bits per heavy atom. The van der Waals surface area contributed by atoms with Crippen LogP contribution in [0.5, 0.6) is 11.5 Å². The Balaban J connectivity index is 0.000000158. The first-order valence-corrected chi connectivity index (χ1v) is 22.6. The molecular formula is C46H64N4O5S. The number of ether oxygens (including phenoxy) is 4. The third-order valence-electron chi connectivity index (χ3n) is 13.9. The maximum Gasteiger partial charge on any atom is 0.230 e. The largest absolute Gasteiger partial charge is 0.490 e. The lowest BCUT2D eigenvalue weighted by atomic mass is 9.73. The molecule has 1 aromatic heterocycles. The first-order chi connectivity index (χ1) is 27.4. The summed E-state index contributed by atoms with van der Waals surface area (Å²) in [4.78, 5) is 22.8. The summed E-state index contributed by atoms with van der Waals surface area (Å²) in [5, 5.41) is 6.25. The fourth-order valence-corrected chi connectivity index (χ4v) is 10.9. The number of aromatic nitrogens is 1. The van der Waals surface area contributed by atoms with E-state index in [1.54, 1.807) is 18.4 Å². The number of likely N-dealkylation sites (N-methyl/N-ethyl adjacent to an activating group) is 1. The third-order valence-corrected chi connectivity index (χ3v) is 15.1. The monoisotopic (exact) mass is 784 g/mol. The van der Waals surface area contributed by atoms with Crippen LogP contribution in [0.15, 0.2) is 53.9 Å². The number of rotatable bonds is 10. The minimum atomic E-state index is -0.473. The van der Waals surface area contributed by atoms with E-state index in [1.165, 1.54) is 62.2 Å². The van der Waals surface area contributed by atoms with E-state index in [0.29, 0.717) is 25.4 Å². The molecule has 2 aromatic carbocycles. The van der Waals surface area contributed by atoms with Gasteiger partial charge in [0.25, 0.3) is 0 Å². The molecule has 2 saturated carbocycles. The molecule has 5 heterocycles. The smallest absolute Gasteiger partial charge is 0.230 e. The summed E-state index contributed by atoms with van der Waals surface area (Å²) in [7, 11) is 1.72. The molecule has 10 heteroatoms. The van der Waals surface area contributed by atoms with Crippen molar-refractivity contribution >= 4 is 17.2 Å². The average Bonchev–Trinajstić information content (AvgIpc) is 3.66. The number of hydrogen-bond donors (Lipinski definition) is 1. The molecule has 6 aliphatic rings. The van der Waals surface area contributed by atoms with E-state index in [1.807, 2.05) is 12.1 Å². The highest BCUT2D eigenvalue weighted by Crippen LogP contribution is 2.43. The lowest BCUT2D eigenvalue weighted by Gasteiger charge is -2.41. The molecule has 1 amide bonds. The number of thiazole rings is 1. The number of nitrogens with zero attached hydrogens (tertiary/aromatic N) is 3. The molecule has 0 unspecified atom stereocenters. The molecule has 304 valence electrons. The first kappa shape index (κ1) is 39.8. The first-order valence-electron chi connectivity index (χ1n) is 21.8. The van der Waals surface area contributed by atoms with Gasteiger partial charge in [0.1, 0.15) is 28.7 Å². The van der Waals surface area contributed by atoms with Gasteiger partial charge < -0.3 is 34.1 Å². The van der Waals surface area contributed by atoms with Gasteiger partial charge in [-0.3, -0.25) is 4.79 Å². The zero-order valence-corrected chi connectivity index (χ0v) is 34.7. The van der Waals surface area contributed by atoms with Gasteiger partial charge in [-0.2, -0.15) is 0 Å². The van der Waals surface area contributed by atoms with Crippen LogP contribution in [0.3, 0.4) is 0 Å². The Labute approximate surface area is 338 Å². The number of amides is 1. The molecule has 6 fully saturated rings. The standard InChI is InChI=1S/C24H32N2O2S.C22H32N2O3/c1-18-17-29-23(25-18)24(11-15-27-16-12-24)19-5-7-21(8-6-19)28-22-9-13-26(14-10-22)20-3-2-4-20;1-23-21(25)22(11-15-26-16-12-22)17-5-7-19(8-6-17)27-20-9-13-24(14-10-20)18-3-2-4-18/h5-8,17,20,22H,2-4,9-16H2,1H3;5-8,18,20H,2-4,9-16H2,1H3,(H,23,25). The summed E-state index contributed by atoms with van der Waals surface area (Å²) in [5.74, 6) is 2.01. The maximum absolute atomic E-state index is 12.6. The molecular weight excluding hydrogens is 721 g/mol. The average molecular weight is 785 g/mol. The zero-order valence-electron chi connectivity index (χ0n) is 33.9. The van der Waals surface area contributed by atoms with E-state index in [4.69, 9.17) is 23.9 Å². The highest BCUT2D eigenvalue weighted by molar-refractivity contribution is 7.09. The molecule has 0 atom stereocenters. The van der Waals surface area contributed by atoms with Gasteiger partial charge in [-0.1, -0.05) is 37.1 Å². The molecule has 0 bridgehead atoms. The predicted molar refractivity (Wildman–Crippen MR) is 222 cm³/mol. The fraction of sp³-hybridized carbons (Fsp3) is 0.652. The van der Waals surface area contributed by atoms with Crippen molar-refractivity contribution in [1.29, 1.82) is 0 Å². The zero-order chi connectivity index (χ0) is 38.4. The summed E-state index contributed by atoms with van der Waals surface area (Å²) in [6, 6.07) is 18.8. The van der Waals surface area contributed by atoms with Crippen LogP contribution in [0.4, 0.5) is 0 Å². The van der Waals surface area contributed by atoms with Crippen molar-refractivity contribution in [1.82, 2.24) is 20.1 Å². The maximum atomic E-state index is 12.6. The van der Waals surface area contributed by atoms with Gasteiger partial charge in [-0.15, -0.1) is 11.3 Å². The molecule has 0 radical (unpaired) electrons. The van der Waals surface area contributed by atoms with E-state index in [-0.39, 0.29) is 11.3 Å². The van der Waals surface area contributed by atoms with Crippen LogP contribution >= 0.6 is 11.3 Å². The summed E-state index contributed by atoms with van der Waals surface area (Å²) in [6.07, 6.45) is 17.0. The number of carbonyl (C=O) groups excluding carboxylic acids is 1. The van der Waals surface area contributed by atoms with Crippen molar-refractivity contribution in [2.75, 3.05) is 59.7 Å². The molecule has 9 rings (SSSR count). The second-order valence-electron chi connectivity index (χ2n) is 17.2. The number of benzene rings is 2. The number of nitrogens with one attached hydrogen (secondary N) is 1. The van der Waals surface area contributed by atoms with Crippen molar-refractivity contribution in [3.05, 3.63) is 75.7 Å².